The van der Waals surface area contributed by atoms with E-state index in [1.54, 1.807) is 0 Å². The normalized spacial score (nSPS) is 21.7. The highest BCUT2D eigenvalue weighted by atomic mass is 79.9. The highest BCUT2D eigenvalue weighted by Crippen LogP contribution is 2.52. The number of benzene rings is 4. The van der Waals surface area contributed by atoms with Crippen LogP contribution >= 0.6 is 27.5 Å². The van der Waals surface area contributed by atoms with Crippen LogP contribution < -0.4 is 9.64 Å². The SMILES string of the molecule is CC(C)CC[N+]1=C(C=CC=C2N(CCOc3ccc(Br)cc3)c3ccc(Cl)cc3C2(C)CC2C=CC=C2)C(C)(Cc2ccccc2)c2ccccc21. The number of rotatable bonds is 13. The Morgan fingerprint density at radius 3 is 2.37 bits per heavy atom. The molecule has 7 rings (SSSR count). The zero-order valence-electron chi connectivity index (χ0n) is 30.7. The van der Waals surface area contributed by atoms with Gasteiger partial charge in [0.15, 0.2) is 5.71 Å². The fourth-order valence-electron chi connectivity index (χ4n) is 8.42. The molecule has 2 unspecified atom stereocenters. The Morgan fingerprint density at radius 2 is 1.62 bits per heavy atom. The van der Waals surface area contributed by atoms with Gasteiger partial charge in [-0.2, -0.15) is 4.58 Å². The maximum absolute atomic E-state index is 6.74. The maximum Gasteiger partial charge on any atom is 0.209 e. The third-order valence-corrected chi connectivity index (χ3v) is 11.8. The first-order valence-corrected chi connectivity index (χ1v) is 19.8. The van der Waals surface area contributed by atoms with E-state index in [-0.39, 0.29) is 10.8 Å². The molecule has 0 bridgehead atoms. The summed E-state index contributed by atoms with van der Waals surface area (Å²) in [5.74, 6) is 1.82. The van der Waals surface area contributed by atoms with E-state index in [0.717, 1.165) is 41.1 Å². The van der Waals surface area contributed by atoms with Crippen LogP contribution in [0.1, 0.15) is 57.2 Å². The van der Waals surface area contributed by atoms with Gasteiger partial charge < -0.3 is 9.64 Å². The molecule has 2 heterocycles. The number of ether oxygens (including phenoxy) is 1. The van der Waals surface area contributed by atoms with Crippen LogP contribution in [-0.4, -0.2) is 30.0 Å². The van der Waals surface area contributed by atoms with Crippen molar-refractivity contribution < 1.29 is 9.31 Å². The molecule has 0 fully saturated rings. The Morgan fingerprint density at radius 1 is 0.885 bits per heavy atom. The van der Waals surface area contributed by atoms with Gasteiger partial charge in [-0.15, -0.1) is 0 Å². The van der Waals surface area contributed by atoms with Crippen LogP contribution in [0.5, 0.6) is 5.75 Å². The number of para-hydroxylation sites is 1. The van der Waals surface area contributed by atoms with Crippen LogP contribution in [0.3, 0.4) is 0 Å². The Labute approximate surface area is 323 Å². The second-order valence-corrected chi connectivity index (χ2v) is 16.6. The molecule has 0 spiro atoms. The van der Waals surface area contributed by atoms with Crippen LogP contribution in [0.25, 0.3) is 0 Å². The Bertz CT molecular complexity index is 2050. The van der Waals surface area contributed by atoms with Crippen molar-refractivity contribution in [2.75, 3.05) is 24.6 Å². The lowest BCUT2D eigenvalue weighted by Gasteiger charge is -2.32. The van der Waals surface area contributed by atoms with Gasteiger partial charge in [-0.3, -0.25) is 0 Å². The molecule has 266 valence electrons. The summed E-state index contributed by atoms with van der Waals surface area (Å²) in [6.45, 7) is 11.7. The lowest BCUT2D eigenvalue weighted by Crippen LogP contribution is -2.34. The zero-order chi connectivity index (χ0) is 36.3. The molecule has 0 amide bonds. The molecule has 2 aliphatic heterocycles. The van der Waals surface area contributed by atoms with Crippen LogP contribution in [0.2, 0.25) is 5.02 Å². The first-order chi connectivity index (χ1) is 25.2. The Balaban J connectivity index is 1.31. The first kappa shape index (κ1) is 36.2. The molecular formula is C47H49BrClN2O+. The molecule has 4 aromatic carbocycles. The van der Waals surface area contributed by atoms with Crippen molar-refractivity contribution in [2.24, 2.45) is 11.8 Å². The quantitative estimate of drug-likeness (QED) is 0.126. The van der Waals surface area contributed by atoms with Crippen molar-refractivity contribution >= 4 is 44.6 Å². The summed E-state index contributed by atoms with van der Waals surface area (Å²) >= 11 is 10.3. The van der Waals surface area contributed by atoms with E-state index >= 15 is 0 Å². The summed E-state index contributed by atoms with van der Waals surface area (Å²) in [5, 5.41) is 0.766. The first-order valence-electron chi connectivity index (χ1n) is 18.6. The molecule has 0 radical (unpaired) electrons. The summed E-state index contributed by atoms with van der Waals surface area (Å²) in [4.78, 5) is 2.46. The van der Waals surface area contributed by atoms with Gasteiger partial charge in [0, 0.05) is 50.4 Å². The van der Waals surface area contributed by atoms with Crippen LogP contribution in [0.15, 0.2) is 150 Å². The molecule has 4 aromatic rings. The predicted octanol–water partition coefficient (Wildman–Crippen LogP) is 12.2. The van der Waals surface area contributed by atoms with Gasteiger partial charge in [0.25, 0.3) is 0 Å². The van der Waals surface area contributed by atoms with E-state index in [9.17, 15) is 0 Å². The van der Waals surface area contributed by atoms with Crippen molar-refractivity contribution in [3.05, 3.63) is 171 Å². The lowest BCUT2D eigenvalue weighted by molar-refractivity contribution is -0.439. The second-order valence-electron chi connectivity index (χ2n) is 15.2. The fraction of sp³-hybridized carbons (Fsp3) is 0.298. The predicted molar refractivity (Wildman–Crippen MR) is 223 cm³/mol. The van der Waals surface area contributed by atoms with Crippen LogP contribution in [-0.2, 0) is 17.3 Å². The van der Waals surface area contributed by atoms with Crippen LogP contribution in [0, 0.1) is 11.8 Å². The molecule has 52 heavy (non-hydrogen) atoms. The monoisotopic (exact) mass is 771 g/mol. The van der Waals surface area contributed by atoms with Gasteiger partial charge in [0.05, 0.1) is 12.0 Å². The summed E-state index contributed by atoms with van der Waals surface area (Å²) < 4.78 is 9.94. The van der Waals surface area contributed by atoms with E-state index < -0.39 is 0 Å². The molecule has 0 N–H and O–H groups in total. The topological polar surface area (TPSA) is 15.5 Å². The average molecular weight is 773 g/mol. The minimum Gasteiger partial charge on any atom is -0.492 e. The number of hydrogen-bond acceptors (Lipinski definition) is 2. The van der Waals surface area contributed by atoms with Crippen LogP contribution in [0.4, 0.5) is 11.4 Å². The van der Waals surface area contributed by atoms with Crippen molar-refractivity contribution in [1.82, 2.24) is 0 Å². The molecule has 2 atom stereocenters. The van der Waals surface area contributed by atoms with Crippen molar-refractivity contribution in [2.45, 2.75) is 57.8 Å². The van der Waals surface area contributed by atoms with Crippen molar-refractivity contribution in [3.8, 4) is 5.75 Å². The van der Waals surface area contributed by atoms with E-state index in [1.165, 1.54) is 39.5 Å². The van der Waals surface area contributed by atoms with Gasteiger partial charge in [0.2, 0.25) is 5.69 Å². The zero-order valence-corrected chi connectivity index (χ0v) is 33.1. The highest BCUT2D eigenvalue weighted by Gasteiger charge is 2.48. The number of nitrogens with zero attached hydrogens (tertiary/aromatic N) is 2. The van der Waals surface area contributed by atoms with Gasteiger partial charge in [-0.25, -0.2) is 0 Å². The van der Waals surface area contributed by atoms with Gasteiger partial charge in [-0.05, 0) is 98.2 Å². The lowest BCUT2D eigenvalue weighted by atomic mass is 9.74. The summed E-state index contributed by atoms with van der Waals surface area (Å²) in [5.41, 5.74) is 8.71. The number of anilines is 1. The molecule has 0 saturated carbocycles. The Kier molecular flexibility index (Phi) is 10.8. The molecule has 0 aromatic heterocycles. The van der Waals surface area contributed by atoms with Crippen molar-refractivity contribution in [1.29, 1.82) is 0 Å². The molecule has 3 nitrogen and oxygen atoms in total. The minimum atomic E-state index is -0.264. The van der Waals surface area contributed by atoms with Crippen molar-refractivity contribution in [3.63, 3.8) is 0 Å². The van der Waals surface area contributed by atoms with E-state index in [0.29, 0.717) is 25.0 Å². The Hall–Kier alpha value is -4.12. The minimum absolute atomic E-state index is 0.183. The number of hydrogen-bond donors (Lipinski definition) is 0. The van der Waals surface area contributed by atoms with E-state index in [2.05, 4.69) is 162 Å². The largest absolute Gasteiger partial charge is 0.492 e. The summed E-state index contributed by atoms with van der Waals surface area (Å²) in [7, 11) is 0. The molecule has 1 aliphatic carbocycles. The summed E-state index contributed by atoms with van der Waals surface area (Å²) in [6.07, 6.45) is 19.1. The maximum atomic E-state index is 6.74. The molecule has 3 aliphatic rings. The third kappa shape index (κ3) is 7.38. The highest BCUT2D eigenvalue weighted by molar-refractivity contribution is 9.10. The van der Waals surface area contributed by atoms with Gasteiger partial charge >= 0.3 is 0 Å². The average Bonchev–Trinajstić information content (AvgIpc) is 3.79. The summed E-state index contributed by atoms with van der Waals surface area (Å²) in [6, 6.07) is 34.4. The molecule has 0 saturated heterocycles. The third-order valence-electron chi connectivity index (χ3n) is 11.1. The molecular weight excluding hydrogens is 724 g/mol. The number of fused-ring (bicyclic) bond motifs is 2. The second kappa shape index (κ2) is 15.5. The van der Waals surface area contributed by atoms with Gasteiger partial charge in [0.1, 0.15) is 18.9 Å². The fourth-order valence-corrected chi connectivity index (χ4v) is 8.85. The van der Waals surface area contributed by atoms with E-state index in [1.807, 2.05) is 30.3 Å². The smallest absolute Gasteiger partial charge is 0.209 e. The van der Waals surface area contributed by atoms with E-state index in [4.69, 9.17) is 16.3 Å². The number of halogens is 2. The standard InChI is InChI=1S/C47H49BrClN2O/c1-34(2)27-28-50-42-18-11-10-17-40(42)46(3,32-35-13-6-5-7-14-35)44(50)19-12-20-45-47(4,33-36-15-8-9-16-36)41-31-38(49)23-26-43(41)51(45)29-30-52-39-24-21-37(48)22-25-39/h5-26,31,34,36H,27-30,32-33H2,1-4H3/q+1. The molecule has 5 heteroatoms. The number of allylic oxidation sites excluding steroid dienone is 8. The van der Waals surface area contributed by atoms with Gasteiger partial charge in [-0.1, -0.05) is 120 Å².